The number of para-hydroxylation sites is 1. The van der Waals surface area contributed by atoms with Crippen molar-refractivity contribution in [3.8, 4) is 0 Å². The summed E-state index contributed by atoms with van der Waals surface area (Å²) in [6.07, 6.45) is -1.30. The number of nitrogens with one attached hydrogen (secondary N) is 1. The van der Waals surface area contributed by atoms with Crippen LogP contribution in [0, 0.1) is 5.82 Å². The molecule has 0 radical (unpaired) electrons. The molecule has 10 heteroatoms. The van der Waals surface area contributed by atoms with Crippen LogP contribution in [0.3, 0.4) is 0 Å². The van der Waals surface area contributed by atoms with Crippen molar-refractivity contribution < 1.29 is 38.1 Å². The third kappa shape index (κ3) is 5.92. The second-order valence-corrected chi connectivity index (χ2v) is 7.41. The summed E-state index contributed by atoms with van der Waals surface area (Å²) >= 11 is 0. The molecule has 2 amide bonds. The number of hydrogen-bond donors (Lipinski definition) is 2. The van der Waals surface area contributed by atoms with E-state index in [1.54, 1.807) is 18.2 Å². The molecule has 0 spiro atoms. The summed E-state index contributed by atoms with van der Waals surface area (Å²) in [4.78, 5) is 50.4. The number of aliphatic hydroxyl groups is 1. The minimum atomic E-state index is -1.10. The Morgan fingerprint density at radius 2 is 1.82 bits per heavy atom. The zero-order valence-electron chi connectivity index (χ0n) is 17.8. The highest BCUT2D eigenvalue weighted by atomic mass is 19.1. The molecule has 0 aliphatic carbocycles. The van der Waals surface area contributed by atoms with Crippen LogP contribution in [0.2, 0.25) is 0 Å². The van der Waals surface area contributed by atoms with Gasteiger partial charge in [-0.25, -0.2) is 14.0 Å². The van der Waals surface area contributed by atoms with Crippen LogP contribution in [0.5, 0.6) is 0 Å². The van der Waals surface area contributed by atoms with E-state index >= 15 is 0 Å². The van der Waals surface area contributed by atoms with Gasteiger partial charge in [-0.3, -0.25) is 9.59 Å². The van der Waals surface area contributed by atoms with Crippen LogP contribution in [-0.4, -0.2) is 66.2 Å². The van der Waals surface area contributed by atoms with Crippen molar-refractivity contribution in [2.24, 2.45) is 0 Å². The van der Waals surface area contributed by atoms with Gasteiger partial charge in [0.1, 0.15) is 11.9 Å². The van der Waals surface area contributed by atoms with Gasteiger partial charge in [0.25, 0.3) is 5.91 Å². The zero-order chi connectivity index (χ0) is 24.0. The topological polar surface area (TPSA) is 122 Å². The van der Waals surface area contributed by atoms with Crippen molar-refractivity contribution in [2.45, 2.75) is 25.0 Å². The lowest BCUT2D eigenvalue weighted by atomic mass is 10.1. The molecule has 174 valence electrons. The van der Waals surface area contributed by atoms with Gasteiger partial charge in [-0.05, 0) is 23.8 Å². The first-order valence-corrected chi connectivity index (χ1v) is 10.1. The van der Waals surface area contributed by atoms with Gasteiger partial charge in [-0.15, -0.1) is 0 Å². The number of amides is 2. The molecule has 2 atom stereocenters. The number of methoxy groups -OCH3 is 1. The summed E-state index contributed by atoms with van der Waals surface area (Å²) in [6.45, 7) is -0.776. The lowest BCUT2D eigenvalue weighted by Crippen LogP contribution is -2.43. The fourth-order valence-corrected chi connectivity index (χ4v) is 3.52. The molecule has 2 unspecified atom stereocenters. The van der Waals surface area contributed by atoms with E-state index in [4.69, 9.17) is 4.74 Å². The Labute approximate surface area is 189 Å². The molecular weight excluding hydrogens is 435 g/mol. The van der Waals surface area contributed by atoms with E-state index in [0.717, 1.165) is 4.90 Å². The molecule has 1 fully saturated rings. The number of carbonyl (C=O) groups is 4. The molecule has 1 aliphatic rings. The number of carbonyl (C=O) groups excluding carboxylic acids is 4. The number of halogens is 1. The van der Waals surface area contributed by atoms with Crippen LogP contribution < -0.4 is 5.32 Å². The van der Waals surface area contributed by atoms with Gasteiger partial charge in [0, 0.05) is 13.0 Å². The number of hydrogen-bond acceptors (Lipinski definition) is 7. The number of nitrogens with zero attached hydrogens (tertiary/aromatic N) is 1. The highest BCUT2D eigenvalue weighted by molar-refractivity contribution is 6.02. The van der Waals surface area contributed by atoms with E-state index in [1.807, 2.05) is 0 Å². The molecule has 2 aromatic carbocycles. The summed E-state index contributed by atoms with van der Waals surface area (Å²) < 4.78 is 23.6. The minimum Gasteiger partial charge on any atom is -0.465 e. The molecular formula is C23H23FN2O7. The smallest absolute Gasteiger partial charge is 0.339 e. The molecule has 1 saturated heterocycles. The van der Waals surface area contributed by atoms with E-state index in [2.05, 4.69) is 10.1 Å². The van der Waals surface area contributed by atoms with Gasteiger partial charge < -0.3 is 24.8 Å². The normalized spacial score (nSPS) is 17.4. The van der Waals surface area contributed by atoms with Crippen molar-refractivity contribution in [1.29, 1.82) is 0 Å². The largest absolute Gasteiger partial charge is 0.465 e. The fourth-order valence-electron chi connectivity index (χ4n) is 3.52. The Kier molecular flexibility index (Phi) is 7.73. The van der Waals surface area contributed by atoms with Crippen LogP contribution >= 0.6 is 0 Å². The molecule has 1 heterocycles. The van der Waals surface area contributed by atoms with Gasteiger partial charge in [-0.1, -0.05) is 30.3 Å². The first-order valence-electron chi connectivity index (χ1n) is 10.1. The number of anilines is 1. The lowest BCUT2D eigenvalue weighted by Gasteiger charge is -2.23. The maximum absolute atomic E-state index is 13.9. The van der Waals surface area contributed by atoms with Crippen LogP contribution in [-0.2, 0) is 30.3 Å². The molecule has 1 aliphatic heterocycles. The van der Waals surface area contributed by atoms with Gasteiger partial charge in [0.2, 0.25) is 5.91 Å². The summed E-state index contributed by atoms with van der Waals surface area (Å²) in [5.41, 5.74) is 0.478. The Morgan fingerprint density at radius 1 is 1.12 bits per heavy atom. The van der Waals surface area contributed by atoms with E-state index in [-0.39, 0.29) is 36.2 Å². The van der Waals surface area contributed by atoms with Crippen molar-refractivity contribution in [2.75, 3.05) is 25.6 Å². The first-order chi connectivity index (χ1) is 15.8. The molecule has 0 aromatic heterocycles. The second kappa shape index (κ2) is 10.7. The molecule has 2 N–H and O–H groups in total. The number of likely N-dealkylation sites (tertiary alicyclic amines) is 1. The third-order valence-corrected chi connectivity index (χ3v) is 5.12. The van der Waals surface area contributed by atoms with Gasteiger partial charge in [0.05, 0.1) is 30.9 Å². The minimum absolute atomic E-state index is 0.0609. The maximum Gasteiger partial charge on any atom is 0.339 e. The summed E-state index contributed by atoms with van der Waals surface area (Å²) in [5, 5.41) is 12.4. The second-order valence-electron chi connectivity index (χ2n) is 7.41. The molecule has 3 rings (SSSR count). The average Bonchev–Trinajstić information content (AvgIpc) is 3.20. The number of esters is 2. The summed E-state index contributed by atoms with van der Waals surface area (Å²) in [7, 11) is 1.21. The number of benzene rings is 2. The third-order valence-electron chi connectivity index (χ3n) is 5.12. The number of rotatable bonds is 7. The highest BCUT2D eigenvalue weighted by Crippen LogP contribution is 2.21. The van der Waals surface area contributed by atoms with Gasteiger partial charge in [0.15, 0.2) is 6.61 Å². The lowest BCUT2D eigenvalue weighted by molar-refractivity contribution is -0.155. The number of aliphatic hydroxyl groups excluding tert-OH is 1. The molecule has 0 saturated carbocycles. The Morgan fingerprint density at radius 3 is 2.55 bits per heavy atom. The van der Waals surface area contributed by atoms with E-state index < -0.39 is 48.3 Å². The Balaban J connectivity index is 1.60. The van der Waals surface area contributed by atoms with Gasteiger partial charge in [-0.2, -0.15) is 0 Å². The van der Waals surface area contributed by atoms with Crippen molar-refractivity contribution >= 4 is 29.4 Å². The SMILES string of the molecule is COC(=O)c1ccccc1NC(=O)COC(=O)C1CC(O)CN1C(=O)Cc1ccccc1F. The predicted molar refractivity (Wildman–Crippen MR) is 114 cm³/mol. The van der Waals surface area contributed by atoms with E-state index in [9.17, 15) is 28.7 Å². The summed E-state index contributed by atoms with van der Waals surface area (Å²) in [5.74, 6) is -3.32. The average molecular weight is 458 g/mol. The fraction of sp³-hybridized carbons (Fsp3) is 0.304. The molecule has 0 bridgehead atoms. The van der Waals surface area contributed by atoms with Crippen molar-refractivity contribution in [1.82, 2.24) is 4.90 Å². The van der Waals surface area contributed by atoms with Crippen LogP contribution in [0.25, 0.3) is 0 Å². The number of ether oxygens (including phenoxy) is 2. The van der Waals surface area contributed by atoms with Crippen LogP contribution in [0.1, 0.15) is 22.3 Å². The summed E-state index contributed by atoms with van der Waals surface area (Å²) in [6, 6.07) is 10.8. The standard InChI is InChI=1S/C23H23FN2O7/c1-32-22(30)16-7-3-5-9-18(16)25-20(28)13-33-23(31)19-11-15(27)12-26(19)21(29)10-14-6-2-4-8-17(14)24/h2-9,15,19,27H,10-13H2,1H3,(H,25,28). The van der Waals surface area contributed by atoms with Crippen LogP contribution in [0.15, 0.2) is 48.5 Å². The monoisotopic (exact) mass is 458 g/mol. The van der Waals surface area contributed by atoms with E-state index in [1.165, 1.54) is 37.4 Å². The molecule has 33 heavy (non-hydrogen) atoms. The van der Waals surface area contributed by atoms with Gasteiger partial charge >= 0.3 is 11.9 Å². The quantitative estimate of drug-likeness (QED) is 0.600. The highest BCUT2D eigenvalue weighted by Gasteiger charge is 2.40. The van der Waals surface area contributed by atoms with Crippen molar-refractivity contribution in [3.05, 3.63) is 65.5 Å². The number of β-amino-alcohol motifs (C(OH)–C–C–N with tert-alkyl or cyclic N) is 1. The predicted octanol–water partition coefficient (Wildman–Crippen LogP) is 1.30. The molecule has 2 aromatic rings. The molecule has 9 nitrogen and oxygen atoms in total. The Hall–Kier alpha value is -3.79. The zero-order valence-corrected chi connectivity index (χ0v) is 17.8. The Bertz CT molecular complexity index is 1060. The van der Waals surface area contributed by atoms with E-state index in [0.29, 0.717) is 0 Å². The van der Waals surface area contributed by atoms with Crippen LogP contribution in [0.4, 0.5) is 10.1 Å². The van der Waals surface area contributed by atoms with Crippen molar-refractivity contribution in [3.63, 3.8) is 0 Å². The maximum atomic E-state index is 13.9. The first kappa shape index (κ1) is 23.9.